The molecule has 4 unspecified atom stereocenters. The molecule has 0 spiro atoms. The standard InChI is InChI=1S/C22H38N8O6S/c1-37-9-7-15(20(33)29-16(22(35)36)5-6-18(25)31)28-21(34)17(10-13-11-26-12-27-13)30-19(32)14(24)4-2-3-8-23/h11-12,14-17H,2-10,23-24H2,1H3,(H2,25,31)(H,26,27)(H,28,34)(H,29,33)(H,30,32)(H,35,36). The highest BCUT2D eigenvalue weighted by atomic mass is 32.2. The molecule has 0 saturated carbocycles. The van der Waals surface area contributed by atoms with Gasteiger partial charge in [0.25, 0.3) is 0 Å². The summed E-state index contributed by atoms with van der Waals surface area (Å²) in [5.74, 6) is -3.46. The van der Waals surface area contributed by atoms with Gasteiger partial charge in [-0.2, -0.15) is 11.8 Å². The van der Waals surface area contributed by atoms with E-state index in [4.69, 9.17) is 17.2 Å². The third-order valence-corrected chi connectivity index (χ3v) is 6.10. The van der Waals surface area contributed by atoms with E-state index in [1.807, 2.05) is 6.26 Å². The zero-order valence-electron chi connectivity index (χ0n) is 20.9. The molecule has 0 radical (unpaired) electrons. The van der Waals surface area contributed by atoms with Crippen LogP contribution in [0.1, 0.15) is 44.2 Å². The summed E-state index contributed by atoms with van der Waals surface area (Å²) in [6, 6.07) is -4.38. The number of thioether (sulfide) groups is 1. The number of imidazole rings is 1. The van der Waals surface area contributed by atoms with Crippen molar-refractivity contribution in [3.05, 3.63) is 18.2 Å². The Morgan fingerprint density at radius 3 is 2.22 bits per heavy atom. The van der Waals surface area contributed by atoms with Crippen LogP contribution in [-0.4, -0.2) is 87.4 Å². The van der Waals surface area contributed by atoms with Crippen LogP contribution in [0.4, 0.5) is 0 Å². The fourth-order valence-corrected chi connectivity index (χ4v) is 3.81. The molecule has 0 saturated heterocycles. The highest BCUT2D eigenvalue weighted by Gasteiger charge is 2.30. The summed E-state index contributed by atoms with van der Waals surface area (Å²) in [5.41, 5.74) is 17.1. The maximum Gasteiger partial charge on any atom is 0.326 e. The van der Waals surface area contributed by atoms with E-state index < -0.39 is 53.8 Å². The predicted octanol–water partition coefficient (Wildman–Crippen LogP) is -2.03. The topological polar surface area (TPSA) is 248 Å². The Morgan fingerprint density at radius 2 is 1.65 bits per heavy atom. The minimum absolute atomic E-state index is 0.0559. The molecule has 0 aliphatic carbocycles. The molecule has 1 heterocycles. The average molecular weight is 543 g/mol. The molecule has 37 heavy (non-hydrogen) atoms. The average Bonchev–Trinajstić information content (AvgIpc) is 3.36. The van der Waals surface area contributed by atoms with Crippen LogP contribution in [-0.2, 0) is 30.4 Å². The molecule has 11 N–H and O–H groups in total. The summed E-state index contributed by atoms with van der Waals surface area (Å²) in [5, 5.41) is 17.0. The maximum absolute atomic E-state index is 13.2. The second kappa shape index (κ2) is 17.3. The van der Waals surface area contributed by atoms with E-state index in [0.29, 0.717) is 37.3 Å². The molecule has 0 aliphatic heterocycles. The number of primary amides is 1. The molecule has 1 aromatic heterocycles. The number of aromatic nitrogens is 2. The molecule has 0 fully saturated rings. The van der Waals surface area contributed by atoms with Crippen molar-refractivity contribution >= 4 is 41.4 Å². The summed E-state index contributed by atoms with van der Waals surface area (Å²) < 4.78 is 0. The van der Waals surface area contributed by atoms with Crippen LogP contribution in [0.3, 0.4) is 0 Å². The van der Waals surface area contributed by atoms with E-state index in [2.05, 4.69) is 25.9 Å². The Kier molecular flexibility index (Phi) is 14.9. The van der Waals surface area contributed by atoms with Gasteiger partial charge in [0.15, 0.2) is 0 Å². The van der Waals surface area contributed by atoms with Crippen molar-refractivity contribution in [1.82, 2.24) is 25.9 Å². The zero-order valence-corrected chi connectivity index (χ0v) is 21.7. The minimum Gasteiger partial charge on any atom is -0.480 e. The smallest absolute Gasteiger partial charge is 0.326 e. The van der Waals surface area contributed by atoms with Gasteiger partial charge in [-0.15, -0.1) is 0 Å². The highest BCUT2D eigenvalue weighted by Crippen LogP contribution is 2.07. The molecule has 208 valence electrons. The summed E-state index contributed by atoms with van der Waals surface area (Å²) >= 11 is 1.43. The second-order valence-corrected chi connectivity index (χ2v) is 9.47. The number of hydrogen-bond acceptors (Lipinski definition) is 9. The van der Waals surface area contributed by atoms with Crippen molar-refractivity contribution in [3.8, 4) is 0 Å². The van der Waals surface area contributed by atoms with Crippen LogP contribution in [0.15, 0.2) is 12.5 Å². The Bertz CT molecular complexity index is 885. The molecule has 14 nitrogen and oxygen atoms in total. The summed E-state index contributed by atoms with van der Waals surface area (Å²) in [6.45, 7) is 0.476. The number of nitrogens with one attached hydrogen (secondary N) is 4. The van der Waals surface area contributed by atoms with Gasteiger partial charge in [0, 0.05) is 24.7 Å². The Balaban J connectivity index is 2.98. The minimum atomic E-state index is -1.36. The van der Waals surface area contributed by atoms with Gasteiger partial charge in [-0.05, 0) is 44.2 Å². The summed E-state index contributed by atoms with van der Waals surface area (Å²) in [4.78, 5) is 68.2. The fourth-order valence-electron chi connectivity index (χ4n) is 3.34. The quantitative estimate of drug-likeness (QED) is 0.0890. The SMILES string of the molecule is CSCCC(NC(=O)C(Cc1cnc[nH]1)NC(=O)C(N)CCCCN)C(=O)NC(CCC(N)=O)C(=O)O. The molecule has 1 rings (SSSR count). The Hall–Kier alpha value is -3.17. The lowest BCUT2D eigenvalue weighted by atomic mass is 10.1. The molecule has 0 bridgehead atoms. The first-order chi connectivity index (χ1) is 17.6. The van der Waals surface area contributed by atoms with Crippen molar-refractivity contribution in [2.75, 3.05) is 18.6 Å². The Labute approximate surface area is 219 Å². The lowest BCUT2D eigenvalue weighted by molar-refractivity contribution is -0.142. The summed E-state index contributed by atoms with van der Waals surface area (Å²) in [6.07, 6.45) is 6.33. The number of nitrogens with zero attached hydrogens (tertiary/aromatic N) is 1. The normalized spacial score (nSPS) is 14.1. The maximum atomic E-state index is 13.2. The monoisotopic (exact) mass is 542 g/mol. The van der Waals surface area contributed by atoms with Crippen LogP contribution in [0.5, 0.6) is 0 Å². The Morgan fingerprint density at radius 1 is 1.00 bits per heavy atom. The first kappa shape index (κ1) is 31.9. The number of rotatable bonds is 19. The number of H-pyrrole nitrogens is 1. The molecule has 0 aromatic carbocycles. The van der Waals surface area contributed by atoms with Crippen LogP contribution in [0.25, 0.3) is 0 Å². The summed E-state index contributed by atoms with van der Waals surface area (Å²) in [7, 11) is 0. The van der Waals surface area contributed by atoms with Crippen LogP contribution in [0.2, 0.25) is 0 Å². The first-order valence-corrected chi connectivity index (χ1v) is 13.3. The van der Waals surface area contributed by atoms with Crippen molar-refractivity contribution in [2.24, 2.45) is 17.2 Å². The van der Waals surface area contributed by atoms with Gasteiger partial charge >= 0.3 is 5.97 Å². The molecule has 4 atom stereocenters. The van der Waals surface area contributed by atoms with E-state index in [1.54, 1.807) is 0 Å². The van der Waals surface area contributed by atoms with E-state index in [1.165, 1.54) is 24.3 Å². The van der Waals surface area contributed by atoms with Gasteiger partial charge in [-0.25, -0.2) is 9.78 Å². The zero-order chi connectivity index (χ0) is 27.8. The molecular formula is C22H38N8O6S. The van der Waals surface area contributed by atoms with Crippen molar-refractivity contribution < 1.29 is 29.1 Å². The molecular weight excluding hydrogens is 504 g/mol. The largest absolute Gasteiger partial charge is 0.480 e. The number of hydrogen-bond donors (Lipinski definition) is 8. The van der Waals surface area contributed by atoms with Gasteiger partial charge in [0.1, 0.15) is 18.1 Å². The molecule has 15 heteroatoms. The number of carbonyl (C=O) groups excluding carboxylic acids is 4. The third-order valence-electron chi connectivity index (χ3n) is 5.46. The third kappa shape index (κ3) is 12.6. The van der Waals surface area contributed by atoms with Gasteiger partial charge in [0.05, 0.1) is 12.4 Å². The van der Waals surface area contributed by atoms with Crippen LogP contribution in [0, 0.1) is 0 Å². The molecule has 1 aromatic rings. The number of amides is 4. The number of unbranched alkanes of at least 4 members (excludes halogenated alkanes) is 1. The number of carbonyl (C=O) groups is 5. The van der Waals surface area contributed by atoms with Crippen molar-refractivity contribution in [3.63, 3.8) is 0 Å². The molecule has 0 aliphatic rings. The van der Waals surface area contributed by atoms with E-state index in [0.717, 1.165) is 0 Å². The number of aliphatic carboxylic acids is 1. The van der Waals surface area contributed by atoms with Crippen LogP contribution >= 0.6 is 11.8 Å². The molecule has 4 amide bonds. The second-order valence-electron chi connectivity index (χ2n) is 8.48. The van der Waals surface area contributed by atoms with E-state index in [-0.39, 0.29) is 25.7 Å². The van der Waals surface area contributed by atoms with Crippen LogP contribution < -0.4 is 33.2 Å². The van der Waals surface area contributed by atoms with E-state index in [9.17, 15) is 29.1 Å². The number of aromatic amines is 1. The number of nitrogens with two attached hydrogens (primary N) is 3. The first-order valence-electron chi connectivity index (χ1n) is 11.9. The van der Waals surface area contributed by atoms with Gasteiger partial charge in [-0.1, -0.05) is 6.42 Å². The van der Waals surface area contributed by atoms with Gasteiger partial charge in [0.2, 0.25) is 23.6 Å². The van der Waals surface area contributed by atoms with Gasteiger partial charge in [-0.3, -0.25) is 19.2 Å². The van der Waals surface area contributed by atoms with Crippen molar-refractivity contribution in [2.45, 2.75) is 69.1 Å². The lowest BCUT2D eigenvalue weighted by Gasteiger charge is -2.25. The van der Waals surface area contributed by atoms with Crippen molar-refractivity contribution in [1.29, 1.82) is 0 Å². The fraction of sp³-hybridized carbons (Fsp3) is 0.636. The predicted molar refractivity (Wildman–Crippen MR) is 138 cm³/mol. The number of carboxylic acid groups (broad SMARTS) is 1. The lowest BCUT2D eigenvalue weighted by Crippen LogP contribution is -2.57. The van der Waals surface area contributed by atoms with Gasteiger partial charge < -0.3 is 43.2 Å². The van der Waals surface area contributed by atoms with E-state index >= 15 is 0 Å². The number of carboxylic acids is 1. The highest BCUT2D eigenvalue weighted by molar-refractivity contribution is 7.98.